The smallest absolute Gasteiger partial charge is 0.258 e. The van der Waals surface area contributed by atoms with Crippen molar-refractivity contribution in [3.05, 3.63) is 111 Å². The molecule has 0 saturated heterocycles. The van der Waals surface area contributed by atoms with Gasteiger partial charge in [0.2, 0.25) is 0 Å². The van der Waals surface area contributed by atoms with Gasteiger partial charge in [0.25, 0.3) is 5.56 Å². The summed E-state index contributed by atoms with van der Waals surface area (Å²) in [5, 5.41) is 11.0. The maximum atomic E-state index is 12.3. The molecule has 2 heterocycles. The molecule has 5 aromatic rings. The van der Waals surface area contributed by atoms with Gasteiger partial charge in [-0.3, -0.25) is 9.36 Å². The number of halogens is 1. The maximum Gasteiger partial charge on any atom is 0.258 e. The Kier molecular flexibility index (Phi) is 6.24. The molecule has 0 spiro atoms. The number of hydrogen-bond donors (Lipinski definition) is 1. The summed E-state index contributed by atoms with van der Waals surface area (Å²) in [4.78, 5) is 19.8. The summed E-state index contributed by atoms with van der Waals surface area (Å²) in [6.07, 6.45) is 1.27. The Morgan fingerprint density at radius 3 is 2.48 bits per heavy atom. The van der Waals surface area contributed by atoms with Crippen LogP contribution in [-0.2, 0) is 12.8 Å². The van der Waals surface area contributed by atoms with Crippen molar-refractivity contribution in [3.63, 3.8) is 0 Å². The van der Waals surface area contributed by atoms with E-state index in [1.165, 1.54) is 0 Å². The highest BCUT2D eigenvalue weighted by molar-refractivity contribution is 7.99. The lowest BCUT2D eigenvalue weighted by atomic mass is 10.1. The first-order valence-corrected chi connectivity index (χ1v) is 11.9. The molecular weight excluding hydrogens is 454 g/mol. The van der Waals surface area contributed by atoms with E-state index in [9.17, 15) is 4.79 Å². The standard InChI is InChI=1S/C25H20ClN5OS/c26-18-10-12-19(13-11-18)31-23(16-17-6-2-1-3-7-17)29-30-25(31)33-15-14-22-27-21-9-5-4-8-20(21)24(32)28-22/h1-13H,14-16H2,(H,27,28,32). The van der Waals surface area contributed by atoms with E-state index < -0.39 is 0 Å². The van der Waals surface area contributed by atoms with Gasteiger partial charge < -0.3 is 4.98 Å². The Balaban J connectivity index is 1.39. The fourth-order valence-electron chi connectivity index (χ4n) is 3.63. The number of aromatic nitrogens is 5. The third-order valence-corrected chi connectivity index (χ3v) is 6.40. The van der Waals surface area contributed by atoms with E-state index in [2.05, 4.69) is 36.9 Å². The van der Waals surface area contributed by atoms with Crippen molar-refractivity contribution in [1.82, 2.24) is 24.7 Å². The highest BCUT2D eigenvalue weighted by Gasteiger charge is 2.15. The first-order chi connectivity index (χ1) is 16.2. The number of H-pyrrole nitrogens is 1. The molecule has 0 saturated carbocycles. The molecule has 1 N–H and O–H groups in total. The third kappa shape index (κ3) is 4.84. The second kappa shape index (κ2) is 9.60. The molecular formula is C25H20ClN5OS. The van der Waals surface area contributed by atoms with Crippen LogP contribution in [0, 0.1) is 0 Å². The van der Waals surface area contributed by atoms with Crippen LogP contribution < -0.4 is 5.56 Å². The zero-order chi connectivity index (χ0) is 22.6. The molecule has 0 bridgehead atoms. The normalized spacial score (nSPS) is 11.2. The molecule has 0 aliphatic heterocycles. The predicted molar refractivity (Wildman–Crippen MR) is 132 cm³/mol. The molecule has 0 amide bonds. The SMILES string of the molecule is O=c1[nH]c(CCSc2nnc(Cc3ccccc3)n2-c2ccc(Cl)cc2)nc2ccccc12. The highest BCUT2D eigenvalue weighted by atomic mass is 35.5. The second-order valence-electron chi connectivity index (χ2n) is 7.50. The molecule has 0 aliphatic rings. The van der Waals surface area contributed by atoms with Crippen LogP contribution in [-0.4, -0.2) is 30.5 Å². The molecule has 0 radical (unpaired) electrons. The number of hydrogen-bond acceptors (Lipinski definition) is 5. The number of nitrogens with one attached hydrogen (secondary N) is 1. The van der Waals surface area contributed by atoms with E-state index in [0.29, 0.717) is 40.3 Å². The van der Waals surface area contributed by atoms with Crippen molar-refractivity contribution in [2.45, 2.75) is 18.0 Å². The molecule has 0 atom stereocenters. The molecule has 2 aromatic heterocycles. The molecule has 0 unspecified atom stereocenters. The third-order valence-electron chi connectivity index (χ3n) is 5.22. The number of fused-ring (bicyclic) bond motifs is 1. The minimum Gasteiger partial charge on any atom is -0.310 e. The minimum atomic E-state index is -0.116. The van der Waals surface area contributed by atoms with E-state index in [4.69, 9.17) is 11.6 Å². The molecule has 33 heavy (non-hydrogen) atoms. The van der Waals surface area contributed by atoms with Crippen molar-refractivity contribution < 1.29 is 0 Å². The Morgan fingerprint density at radius 2 is 1.67 bits per heavy atom. The van der Waals surface area contributed by atoms with Crippen LogP contribution in [0.5, 0.6) is 0 Å². The lowest BCUT2D eigenvalue weighted by Gasteiger charge is -2.11. The van der Waals surface area contributed by atoms with Crippen molar-refractivity contribution in [2.75, 3.05) is 5.75 Å². The van der Waals surface area contributed by atoms with Crippen LogP contribution in [0.15, 0.2) is 88.8 Å². The molecule has 5 rings (SSSR count). The van der Waals surface area contributed by atoms with Gasteiger partial charge in [-0.15, -0.1) is 10.2 Å². The van der Waals surface area contributed by atoms with Gasteiger partial charge in [0, 0.05) is 29.3 Å². The van der Waals surface area contributed by atoms with E-state index in [-0.39, 0.29) is 5.56 Å². The Hall–Kier alpha value is -3.42. The van der Waals surface area contributed by atoms with E-state index in [1.807, 2.05) is 60.7 Å². The fraction of sp³-hybridized carbons (Fsp3) is 0.120. The van der Waals surface area contributed by atoms with Crippen LogP contribution in [0.25, 0.3) is 16.6 Å². The zero-order valence-electron chi connectivity index (χ0n) is 17.6. The lowest BCUT2D eigenvalue weighted by Crippen LogP contribution is -2.12. The van der Waals surface area contributed by atoms with Gasteiger partial charge in [0.1, 0.15) is 11.6 Å². The number of nitrogens with zero attached hydrogens (tertiary/aromatic N) is 4. The monoisotopic (exact) mass is 473 g/mol. The topological polar surface area (TPSA) is 76.5 Å². The summed E-state index contributed by atoms with van der Waals surface area (Å²) in [6, 6.07) is 25.2. The number of thioether (sulfide) groups is 1. The summed E-state index contributed by atoms with van der Waals surface area (Å²) in [7, 11) is 0. The van der Waals surface area contributed by atoms with Crippen LogP contribution in [0.1, 0.15) is 17.2 Å². The number of aryl methyl sites for hydroxylation is 1. The quantitative estimate of drug-likeness (QED) is 0.333. The van der Waals surface area contributed by atoms with Crippen molar-refractivity contribution in [3.8, 4) is 5.69 Å². The van der Waals surface area contributed by atoms with Crippen molar-refractivity contribution in [2.24, 2.45) is 0 Å². The van der Waals surface area contributed by atoms with Gasteiger partial charge in [-0.25, -0.2) is 4.98 Å². The first-order valence-electron chi connectivity index (χ1n) is 10.5. The van der Waals surface area contributed by atoms with Crippen molar-refractivity contribution >= 4 is 34.3 Å². The van der Waals surface area contributed by atoms with Crippen LogP contribution in [0.2, 0.25) is 5.02 Å². The fourth-order valence-corrected chi connectivity index (χ4v) is 4.67. The van der Waals surface area contributed by atoms with Gasteiger partial charge in [-0.1, -0.05) is 65.8 Å². The number of rotatable bonds is 7. The molecule has 6 nitrogen and oxygen atoms in total. The van der Waals surface area contributed by atoms with E-state index >= 15 is 0 Å². The molecule has 0 fully saturated rings. The number of para-hydroxylation sites is 1. The summed E-state index contributed by atoms with van der Waals surface area (Å²) in [5.74, 6) is 2.20. The first kappa shape index (κ1) is 21.4. The molecule has 3 aromatic carbocycles. The van der Waals surface area contributed by atoms with E-state index in [1.54, 1.807) is 17.8 Å². The van der Waals surface area contributed by atoms with Crippen molar-refractivity contribution in [1.29, 1.82) is 0 Å². The summed E-state index contributed by atoms with van der Waals surface area (Å²) in [6.45, 7) is 0. The van der Waals surface area contributed by atoms with Gasteiger partial charge in [0.15, 0.2) is 5.16 Å². The lowest BCUT2D eigenvalue weighted by molar-refractivity contribution is 0.845. The Morgan fingerprint density at radius 1 is 0.909 bits per heavy atom. The Bertz CT molecular complexity index is 1450. The zero-order valence-corrected chi connectivity index (χ0v) is 19.2. The van der Waals surface area contributed by atoms with E-state index in [0.717, 1.165) is 22.2 Å². The molecule has 0 aliphatic carbocycles. The Labute approximate surface area is 199 Å². The number of aromatic amines is 1. The summed E-state index contributed by atoms with van der Waals surface area (Å²) >= 11 is 7.68. The number of benzene rings is 3. The van der Waals surface area contributed by atoms with Gasteiger partial charge >= 0.3 is 0 Å². The summed E-state index contributed by atoms with van der Waals surface area (Å²) < 4.78 is 2.06. The van der Waals surface area contributed by atoms with Crippen LogP contribution >= 0.6 is 23.4 Å². The average Bonchev–Trinajstić information content (AvgIpc) is 3.22. The predicted octanol–water partition coefficient (Wildman–Crippen LogP) is 5.08. The van der Waals surface area contributed by atoms with Gasteiger partial charge in [-0.2, -0.15) is 0 Å². The minimum absolute atomic E-state index is 0.116. The molecule has 8 heteroatoms. The van der Waals surface area contributed by atoms with Gasteiger partial charge in [0.05, 0.1) is 10.9 Å². The van der Waals surface area contributed by atoms with Crippen LogP contribution in [0.3, 0.4) is 0 Å². The summed E-state index contributed by atoms with van der Waals surface area (Å²) in [5.41, 5.74) is 2.70. The van der Waals surface area contributed by atoms with Gasteiger partial charge in [-0.05, 0) is 42.0 Å². The largest absolute Gasteiger partial charge is 0.310 e. The molecule has 164 valence electrons. The maximum absolute atomic E-state index is 12.3. The average molecular weight is 474 g/mol. The van der Waals surface area contributed by atoms with Crippen LogP contribution in [0.4, 0.5) is 0 Å². The second-order valence-corrected chi connectivity index (χ2v) is 9.00. The highest BCUT2D eigenvalue weighted by Crippen LogP contribution is 2.25.